The van der Waals surface area contributed by atoms with Crippen LogP contribution in [0.3, 0.4) is 0 Å². The van der Waals surface area contributed by atoms with Gasteiger partial charge in [0.25, 0.3) is 0 Å². The minimum absolute atomic E-state index is 0.245. The highest BCUT2D eigenvalue weighted by Gasteiger charge is 2.31. The summed E-state index contributed by atoms with van der Waals surface area (Å²) in [5.41, 5.74) is 1.63. The van der Waals surface area contributed by atoms with Crippen molar-refractivity contribution in [3.8, 4) is 0 Å². The highest BCUT2D eigenvalue weighted by molar-refractivity contribution is 9.10. The van der Waals surface area contributed by atoms with Gasteiger partial charge in [-0.2, -0.15) is 5.10 Å². The van der Waals surface area contributed by atoms with Crippen molar-refractivity contribution in [1.29, 1.82) is 0 Å². The van der Waals surface area contributed by atoms with Crippen molar-refractivity contribution in [2.75, 3.05) is 0 Å². The van der Waals surface area contributed by atoms with E-state index >= 15 is 0 Å². The lowest BCUT2D eigenvalue weighted by Gasteiger charge is -2.35. The van der Waals surface area contributed by atoms with Crippen LogP contribution in [0.2, 0.25) is 0 Å². The second kappa shape index (κ2) is 5.13. The Morgan fingerprint density at radius 3 is 2.59 bits per heavy atom. The van der Waals surface area contributed by atoms with Gasteiger partial charge in [0.15, 0.2) is 0 Å². The third-order valence-electron chi connectivity index (χ3n) is 3.81. The fraction of sp³-hybridized carbons (Fsp3) is 0.786. The predicted molar refractivity (Wildman–Crippen MR) is 75.2 cm³/mol. The Bertz CT molecular complexity index is 376. The van der Waals surface area contributed by atoms with E-state index in [4.69, 9.17) is 5.10 Å². The van der Waals surface area contributed by atoms with E-state index in [1.54, 1.807) is 0 Å². The molecule has 1 aliphatic carbocycles. The lowest BCUT2D eigenvalue weighted by Crippen LogP contribution is -2.35. The number of hydrogen-bond donors (Lipinski definition) is 0. The molecule has 1 heterocycles. The molecule has 0 radical (unpaired) electrons. The van der Waals surface area contributed by atoms with Crippen LogP contribution in [0.5, 0.6) is 0 Å². The molecule has 0 unspecified atom stereocenters. The number of halogens is 1. The van der Waals surface area contributed by atoms with E-state index in [-0.39, 0.29) is 5.54 Å². The SMILES string of the molecule is CC(C)Cc1cc(Br)nn1C1(C)CCCCC1. The Labute approximate surface area is 113 Å². The largest absolute Gasteiger partial charge is 0.263 e. The number of aromatic nitrogens is 2. The zero-order valence-corrected chi connectivity index (χ0v) is 12.8. The molecule has 2 rings (SSSR count). The van der Waals surface area contributed by atoms with E-state index in [1.165, 1.54) is 37.8 Å². The fourth-order valence-corrected chi connectivity index (χ4v) is 3.37. The van der Waals surface area contributed by atoms with Gasteiger partial charge in [-0.3, -0.25) is 4.68 Å². The molecule has 2 nitrogen and oxygen atoms in total. The maximum Gasteiger partial charge on any atom is 0.128 e. The lowest BCUT2D eigenvalue weighted by molar-refractivity contribution is 0.191. The molecule has 0 aliphatic heterocycles. The molecule has 0 spiro atoms. The van der Waals surface area contributed by atoms with Crippen molar-refractivity contribution in [1.82, 2.24) is 9.78 Å². The quantitative estimate of drug-likeness (QED) is 0.802. The summed E-state index contributed by atoms with van der Waals surface area (Å²) in [7, 11) is 0. The van der Waals surface area contributed by atoms with Gasteiger partial charge < -0.3 is 0 Å². The van der Waals surface area contributed by atoms with E-state index in [0.717, 1.165) is 11.0 Å². The summed E-state index contributed by atoms with van der Waals surface area (Å²) in [6, 6.07) is 2.19. The Kier molecular flexibility index (Phi) is 3.96. The zero-order valence-electron chi connectivity index (χ0n) is 11.2. The van der Waals surface area contributed by atoms with Crippen molar-refractivity contribution in [2.45, 2.75) is 64.8 Å². The molecule has 1 aromatic rings. The van der Waals surface area contributed by atoms with Crippen LogP contribution in [0, 0.1) is 5.92 Å². The highest BCUT2D eigenvalue weighted by atomic mass is 79.9. The Morgan fingerprint density at radius 2 is 2.00 bits per heavy atom. The van der Waals surface area contributed by atoms with Crippen LogP contribution in [0.15, 0.2) is 10.7 Å². The summed E-state index contributed by atoms with van der Waals surface area (Å²) in [6.07, 6.45) is 7.73. The van der Waals surface area contributed by atoms with Crippen molar-refractivity contribution in [2.24, 2.45) is 5.92 Å². The Balaban J connectivity index is 2.29. The summed E-state index contributed by atoms with van der Waals surface area (Å²) in [5, 5.41) is 4.69. The minimum atomic E-state index is 0.245. The van der Waals surface area contributed by atoms with Gasteiger partial charge in [0.1, 0.15) is 4.60 Å². The number of rotatable bonds is 3. The van der Waals surface area contributed by atoms with Gasteiger partial charge in [-0.25, -0.2) is 0 Å². The molecular formula is C14H23BrN2. The second-order valence-electron chi connectivity index (χ2n) is 6.03. The van der Waals surface area contributed by atoms with E-state index in [1.807, 2.05) is 0 Å². The van der Waals surface area contributed by atoms with E-state index < -0.39 is 0 Å². The molecule has 17 heavy (non-hydrogen) atoms. The molecule has 3 heteroatoms. The van der Waals surface area contributed by atoms with Crippen LogP contribution in [-0.4, -0.2) is 9.78 Å². The number of hydrogen-bond acceptors (Lipinski definition) is 1. The molecule has 0 N–H and O–H groups in total. The van der Waals surface area contributed by atoms with Crippen LogP contribution >= 0.6 is 15.9 Å². The first-order valence-electron chi connectivity index (χ1n) is 6.76. The molecule has 0 amide bonds. The van der Waals surface area contributed by atoms with Crippen molar-refractivity contribution < 1.29 is 0 Å². The maximum absolute atomic E-state index is 4.69. The van der Waals surface area contributed by atoms with Gasteiger partial charge in [-0.15, -0.1) is 0 Å². The first-order chi connectivity index (χ1) is 8.01. The molecular weight excluding hydrogens is 276 g/mol. The van der Waals surface area contributed by atoms with E-state index in [0.29, 0.717) is 5.92 Å². The van der Waals surface area contributed by atoms with Crippen molar-refractivity contribution in [3.05, 3.63) is 16.4 Å². The Hall–Kier alpha value is -0.310. The first kappa shape index (κ1) is 13.1. The first-order valence-corrected chi connectivity index (χ1v) is 7.55. The summed E-state index contributed by atoms with van der Waals surface area (Å²) < 4.78 is 3.29. The minimum Gasteiger partial charge on any atom is -0.263 e. The van der Waals surface area contributed by atoms with Gasteiger partial charge in [0, 0.05) is 5.69 Å². The summed E-state index contributed by atoms with van der Waals surface area (Å²) in [4.78, 5) is 0. The van der Waals surface area contributed by atoms with Crippen LogP contribution in [0.4, 0.5) is 0 Å². The molecule has 1 fully saturated rings. The molecule has 0 bridgehead atoms. The summed E-state index contributed by atoms with van der Waals surface area (Å²) in [5.74, 6) is 0.685. The van der Waals surface area contributed by atoms with E-state index in [9.17, 15) is 0 Å². The van der Waals surface area contributed by atoms with Crippen LogP contribution in [0.1, 0.15) is 58.6 Å². The van der Waals surface area contributed by atoms with Crippen molar-refractivity contribution in [3.63, 3.8) is 0 Å². The monoisotopic (exact) mass is 298 g/mol. The second-order valence-corrected chi connectivity index (χ2v) is 6.84. The molecule has 0 aromatic carbocycles. The molecule has 1 saturated carbocycles. The predicted octanol–water partition coefficient (Wildman–Crippen LogP) is 4.52. The topological polar surface area (TPSA) is 17.8 Å². The van der Waals surface area contributed by atoms with Crippen LogP contribution in [0.25, 0.3) is 0 Å². The van der Waals surface area contributed by atoms with E-state index in [2.05, 4.69) is 47.4 Å². The summed E-state index contributed by atoms with van der Waals surface area (Å²) >= 11 is 3.53. The van der Waals surface area contributed by atoms with Gasteiger partial charge in [-0.1, -0.05) is 33.1 Å². The fourth-order valence-electron chi connectivity index (χ4n) is 2.94. The average molecular weight is 299 g/mol. The standard InChI is InChI=1S/C14H23BrN2/c1-11(2)9-12-10-13(15)16-17(12)14(3)7-5-4-6-8-14/h10-11H,4-9H2,1-3H3. The van der Waals surface area contributed by atoms with Crippen LogP contribution in [-0.2, 0) is 12.0 Å². The van der Waals surface area contributed by atoms with Gasteiger partial charge >= 0.3 is 0 Å². The molecule has 0 saturated heterocycles. The third-order valence-corrected chi connectivity index (χ3v) is 4.20. The number of nitrogens with zero attached hydrogens (tertiary/aromatic N) is 2. The van der Waals surface area contributed by atoms with Gasteiger partial charge in [-0.05, 0) is 54.1 Å². The summed E-state index contributed by atoms with van der Waals surface area (Å²) in [6.45, 7) is 6.92. The average Bonchev–Trinajstić information content (AvgIpc) is 2.60. The molecule has 1 aromatic heterocycles. The third kappa shape index (κ3) is 2.93. The lowest BCUT2D eigenvalue weighted by atomic mass is 9.83. The van der Waals surface area contributed by atoms with Crippen LogP contribution < -0.4 is 0 Å². The van der Waals surface area contributed by atoms with Crippen molar-refractivity contribution >= 4 is 15.9 Å². The normalized spacial score (nSPS) is 19.8. The van der Waals surface area contributed by atoms with Gasteiger partial charge in [0.2, 0.25) is 0 Å². The molecule has 96 valence electrons. The van der Waals surface area contributed by atoms with Gasteiger partial charge in [0.05, 0.1) is 5.54 Å². The smallest absolute Gasteiger partial charge is 0.128 e. The Morgan fingerprint density at radius 1 is 1.35 bits per heavy atom. The maximum atomic E-state index is 4.69. The zero-order chi connectivity index (χ0) is 12.5. The molecule has 1 aliphatic rings. The highest BCUT2D eigenvalue weighted by Crippen LogP contribution is 2.36. The molecule has 0 atom stereocenters.